The number of halogens is 1. The second kappa shape index (κ2) is 5.39. The summed E-state index contributed by atoms with van der Waals surface area (Å²) in [4.78, 5) is 0. The summed E-state index contributed by atoms with van der Waals surface area (Å²) >= 11 is 6.05. The Balaban J connectivity index is 2.28. The number of phenols is 2. The average Bonchev–Trinajstić information content (AvgIpc) is 2.91. The molecule has 5 heteroatoms. The Morgan fingerprint density at radius 2 is 1.73 bits per heavy atom. The van der Waals surface area contributed by atoms with Gasteiger partial charge in [0, 0.05) is 22.4 Å². The van der Waals surface area contributed by atoms with Gasteiger partial charge in [-0.3, -0.25) is 5.10 Å². The van der Waals surface area contributed by atoms with E-state index < -0.39 is 0 Å². The van der Waals surface area contributed by atoms with E-state index in [1.165, 1.54) is 6.07 Å². The number of nitrogens with one attached hydrogen (secondary N) is 1. The molecule has 0 radical (unpaired) electrons. The van der Waals surface area contributed by atoms with Gasteiger partial charge in [-0.2, -0.15) is 5.10 Å². The fourth-order valence-corrected chi connectivity index (χ4v) is 2.77. The maximum absolute atomic E-state index is 10.4. The van der Waals surface area contributed by atoms with E-state index in [4.69, 9.17) is 11.6 Å². The second-order valence-electron chi connectivity index (χ2n) is 5.17. The molecule has 0 aliphatic heterocycles. The minimum Gasteiger partial charge on any atom is -0.507 e. The highest BCUT2D eigenvalue weighted by molar-refractivity contribution is 6.32. The molecule has 0 saturated carbocycles. The molecule has 0 atom stereocenters. The molecule has 0 unspecified atom stereocenters. The Morgan fingerprint density at radius 1 is 1.05 bits per heavy atom. The molecule has 3 aromatic rings. The molecular formula is C17H15ClN2O2. The van der Waals surface area contributed by atoms with Crippen molar-refractivity contribution in [3.8, 4) is 33.9 Å². The molecule has 4 nitrogen and oxygen atoms in total. The summed E-state index contributed by atoms with van der Waals surface area (Å²) in [5.74, 6) is -0.137. The van der Waals surface area contributed by atoms with Crippen LogP contribution in [0.5, 0.6) is 11.5 Å². The van der Waals surface area contributed by atoms with Crippen LogP contribution in [0.2, 0.25) is 5.02 Å². The zero-order valence-electron chi connectivity index (χ0n) is 12.2. The van der Waals surface area contributed by atoms with Crippen molar-refractivity contribution in [1.82, 2.24) is 10.2 Å². The van der Waals surface area contributed by atoms with E-state index in [0.717, 1.165) is 16.8 Å². The highest BCUT2D eigenvalue weighted by atomic mass is 35.5. The third-order valence-electron chi connectivity index (χ3n) is 3.73. The largest absolute Gasteiger partial charge is 0.507 e. The van der Waals surface area contributed by atoms with E-state index in [9.17, 15) is 10.2 Å². The Kier molecular flexibility index (Phi) is 3.54. The minimum atomic E-state index is -0.114. The first-order valence-corrected chi connectivity index (χ1v) is 7.20. The van der Waals surface area contributed by atoms with Crippen LogP contribution in [0, 0.1) is 13.8 Å². The summed E-state index contributed by atoms with van der Waals surface area (Å²) < 4.78 is 0. The molecule has 0 aliphatic carbocycles. The molecule has 3 N–H and O–H groups in total. The third-order valence-corrected chi connectivity index (χ3v) is 4.02. The van der Waals surface area contributed by atoms with Gasteiger partial charge in [0.1, 0.15) is 17.2 Å². The van der Waals surface area contributed by atoms with Gasteiger partial charge in [-0.25, -0.2) is 0 Å². The van der Waals surface area contributed by atoms with Gasteiger partial charge in [0.25, 0.3) is 0 Å². The number of benzene rings is 2. The number of nitrogens with zero attached hydrogens (tertiary/aromatic N) is 1. The molecule has 0 aliphatic rings. The van der Waals surface area contributed by atoms with Crippen molar-refractivity contribution in [2.45, 2.75) is 13.8 Å². The first kappa shape index (κ1) is 14.5. The highest BCUT2D eigenvalue weighted by Crippen LogP contribution is 2.44. The standard InChI is InChI=1S/C17H15ClN2O2/c1-9-16(21)12(8-13(18)17(9)22)15-14(10(2)19-20-15)11-6-4-3-5-7-11/h3-8,21-22H,1-2H3,(H,19,20). The van der Waals surface area contributed by atoms with E-state index in [1.807, 2.05) is 37.3 Å². The monoisotopic (exact) mass is 314 g/mol. The van der Waals surface area contributed by atoms with Crippen LogP contribution in [0.3, 0.4) is 0 Å². The minimum absolute atomic E-state index is 0.0226. The van der Waals surface area contributed by atoms with Crippen LogP contribution < -0.4 is 0 Å². The molecule has 0 saturated heterocycles. The van der Waals surface area contributed by atoms with Crippen molar-refractivity contribution >= 4 is 11.6 Å². The van der Waals surface area contributed by atoms with Crippen molar-refractivity contribution in [3.05, 3.63) is 52.7 Å². The summed E-state index contributed by atoms with van der Waals surface area (Å²) in [5.41, 5.74) is 4.21. The first-order chi connectivity index (χ1) is 10.5. The molecule has 2 aromatic carbocycles. The topological polar surface area (TPSA) is 69.1 Å². The predicted octanol–water partition coefficient (Wildman–Crippen LogP) is 4.43. The van der Waals surface area contributed by atoms with Crippen LogP contribution in [0.4, 0.5) is 0 Å². The van der Waals surface area contributed by atoms with Gasteiger partial charge in [0.05, 0.1) is 5.02 Å². The van der Waals surface area contributed by atoms with Gasteiger partial charge in [-0.15, -0.1) is 0 Å². The number of aromatic hydroxyl groups is 2. The van der Waals surface area contributed by atoms with Crippen molar-refractivity contribution in [1.29, 1.82) is 0 Å². The number of H-pyrrole nitrogens is 1. The van der Waals surface area contributed by atoms with Crippen molar-refractivity contribution in [3.63, 3.8) is 0 Å². The Bertz CT molecular complexity index is 842. The summed E-state index contributed by atoms with van der Waals surface area (Å²) in [6.07, 6.45) is 0. The number of phenolic OH excluding ortho intramolecular Hbond substituents is 2. The van der Waals surface area contributed by atoms with Crippen LogP contribution in [0.15, 0.2) is 36.4 Å². The predicted molar refractivity (Wildman–Crippen MR) is 87.3 cm³/mol. The van der Waals surface area contributed by atoms with Gasteiger partial charge in [-0.05, 0) is 25.5 Å². The maximum Gasteiger partial charge on any atom is 0.140 e. The van der Waals surface area contributed by atoms with Crippen molar-refractivity contribution in [2.24, 2.45) is 0 Å². The summed E-state index contributed by atoms with van der Waals surface area (Å²) in [6, 6.07) is 11.3. The SMILES string of the molecule is Cc1[nH]nc(-c2cc(Cl)c(O)c(C)c2O)c1-c1ccccc1. The summed E-state index contributed by atoms with van der Waals surface area (Å²) in [7, 11) is 0. The molecule has 0 fully saturated rings. The van der Waals surface area contributed by atoms with E-state index in [0.29, 0.717) is 16.8 Å². The molecular weight excluding hydrogens is 300 g/mol. The molecule has 1 aromatic heterocycles. The van der Waals surface area contributed by atoms with Gasteiger partial charge in [0.15, 0.2) is 0 Å². The molecule has 1 heterocycles. The van der Waals surface area contributed by atoms with Gasteiger partial charge in [0.2, 0.25) is 0 Å². The van der Waals surface area contributed by atoms with Crippen LogP contribution in [-0.4, -0.2) is 20.4 Å². The summed E-state index contributed by atoms with van der Waals surface area (Å²) in [6.45, 7) is 3.53. The molecule has 22 heavy (non-hydrogen) atoms. The fourth-order valence-electron chi connectivity index (χ4n) is 2.52. The van der Waals surface area contributed by atoms with E-state index in [1.54, 1.807) is 6.92 Å². The molecule has 3 rings (SSSR count). The normalized spacial score (nSPS) is 10.9. The molecule has 0 spiro atoms. The first-order valence-electron chi connectivity index (χ1n) is 6.82. The van der Waals surface area contributed by atoms with Gasteiger partial charge in [-0.1, -0.05) is 41.9 Å². The third kappa shape index (κ3) is 2.22. The quantitative estimate of drug-likeness (QED) is 0.655. The lowest BCUT2D eigenvalue weighted by molar-refractivity contribution is 0.444. The number of aromatic nitrogens is 2. The van der Waals surface area contributed by atoms with Crippen molar-refractivity contribution in [2.75, 3.05) is 0 Å². The van der Waals surface area contributed by atoms with Gasteiger partial charge >= 0.3 is 0 Å². The van der Waals surface area contributed by atoms with E-state index >= 15 is 0 Å². The number of aromatic amines is 1. The fraction of sp³-hybridized carbons (Fsp3) is 0.118. The smallest absolute Gasteiger partial charge is 0.140 e. The van der Waals surface area contributed by atoms with E-state index in [2.05, 4.69) is 10.2 Å². The Hall–Kier alpha value is -2.46. The number of aryl methyl sites for hydroxylation is 1. The van der Waals surface area contributed by atoms with Crippen molar-refractivity contribution < 1.29 is 10.2 Å². The zero-order valence-corrected chi connectivity index (χ0v) is 12.9. The van der Waals surface area contributed by atoms with Gasteiger partial charge < -0.3 is 10.2 Å². The maximum atomic E-state index is 10.4. The summed E-state index contributed by atoms with van der Waals surface area (Å²) in [5, 5.41) is 27.6. The number of hydrogen-bond acceptors (Lipinski definition) is 3. The molecule has 112 valence electrons. The second-order valence-corrected chi connectivity index (χ2v) is 5.57. The average molecular weight is 315 g/mol. The lowest BCUT2D eigenvalue weighted by Crippen LogP contribution is -1.88. The number of rotatable bonds is 2. The highest BCUT2D eigenvalue weighted by Gasteiger charge is 2.20. The zero-order chi connectivity index (χ0) is 15.9. The van der Waals surface area contributed by atoms with Crippen LogP contribution in [0.25, 0.3) is 22.4 Å². The molecule has 0 bridgehead atoms. The lowest BCUT2D eigenvalue weighted by Gasteiger charge is -2.11. The lowest BCUT2D eigenvalue weighted by atomic mass is 9.97. The molecule has 0 amide bonds. The number of hydrogen-bond donors (Lipinski definition) is 3. The van der Waals surface area contributed by atoms with Crippen LogP contribution in [0.1, 0.15) is 11.3 Å². The Morgan fingerprint density at radius 3 is 2.41 bits per heavy atom. The van der Waals surface area contributed by atoms with Crippen LogP contribution >= 0.6 is 11.6 Å². The van der Waals surface area contributed by atoms with Crippen LogP contribution in [-0.2, 0) is 0 Å². The Labute approximate surface area is 133 Å². The van der Waals surface area contributed by atoms with E-state index in [-0.39, 0.29) is 16.5 Å².